The molecule has 5 nitrogen and oxygen atoms in total. The summed E-state index contributed by atoms with van der Waals surface area (Å²) in [4.78, 5) is 10.5. The molecule has 3 unspecified atom stereocenters. The van der Waals surface area contributed by atoms with Gasteiger partial charge >= 0.3 is 5.97 Å². The SMILES string of the molecule is Cc1c(/C=C/C(O)CC(O)CC(=O)O)ccc2c1C(O)C[C@H](C)C2. The maximum atomic E-state index is 10.5. The first-order valence-corrected chi connectivity index (χ1v) is 8.34. The standard InChI is InChI=1S/C19H26O5/c1-11-7-14-4-3-13(12(2)19(14)17(22)8-11)5-6-15(20)9-16(21)10-18(23)24/h3-6,11,15-17,20-22H,7-10H2,1-2H3,(H,23,24)/b6-5+/t11-,15?,16?,17?/m1/s1. The van der Waals surface area contributed by atoms with Crippen molar-refractivity contribution in [3.63, 3.8) is 0 Å². The second kappa shape index (κ2) is 7.92. The minimum absolute atomic E-state index is 0.0209. The number of carboxylic acids is 1. The lowest BCUT2D eigenvalue weighted by molar-refractivity contribution is -0.139. The third-order valence-electron chi connectivity index (χ3n) is 4.60. The average Bonchev–Trinajstić information content (AvgIpc) is 2.44. The number of aliphatic hydroxyl groups is 3. The molecule has 0 bridgehead atoms. The molecule has 1 aromatic carbocycles. The Morgan fingerprint density at radius 3 is 2.75 bits per heavy atom. The molecule has 0 spiro atoms. The Hall–Kier alpha value is -1.69. The Morgan fingerprint density at radius 1 is 1.38 bits per heavy atom. The molecule has 0 aliphatic heterocycles. The molecule has 4 N–H and O–H groups in total. The van der Waals surface area contributed by atoms with Gasteiger partial charge in [-0.2, -0.15) is 0 Å². The average molecular weight is 334 g/mol. The second-order valence-electron chi connectivity index (χ2n) is 6.83. The third kappa shape index (κ3) is 4.66. The fraction of sp³-hybridized carbons (Fsp3) is 0.526. The van der Waals surface area contributed by atoms with Gasteiger partial charge in [0, 0.05) is 6.42 Å². The highest BCUT2D eigenvalue weighted by Gasteiger charge is 2.25. The van der Waals surface area contributed by atoms with Crippen molar-refractivity contribution in [2.24, 2.45) is 5.92 Å². The number of aliphatic carboxylic acids is 1. The molecule has 0 saturated carbocycles. The quantitative estimate of drug-likeness (QED) is 0.639. The van der Waals surface area contributed by atoms with Gasteiger partial charge in [0.15, 0.2) is 0 Å². The molecule has 0 heterocycles. The van der Waals surface area contributed by atoms with Crippen LogP contribution in [0.2, 0.25) is 0 Å². The highest BCUT2D eigenvalue weighted by atomic mass is 16.4. The highest BCUT2D eigenvalue weighted by molar-refractivity contribution is 5.67. The van der Waals surface area contributed by atoms with Gasteiger partial charge in [-0.1, -0.05) is 31.2 Å². The molecular formula is C19H26O5. The first kappa shape index (κ1) is 18.6. The molecular weight excluding hydrogens is 308 g/mol. The number of carbonyl (C=O) groups is 1. The van der Waals surface area contributed by atoms with Crippen molar-refractivity contribution < 1.29 is 25.2 Å². The smallest absolute Gasteiger partial charge is 0.305 e. The van der Waals surface area contributed by atoms with Gasteiger partial charge in [0.2, 0.25) is 0 Å². The van der Waals surface area contributed by atoms with Crippen LogP contribution in [-0.2, 0) is 11.2 Å². The van der Waals surface area contributed by atoms with Crippen LogP contribution < -0.4 is 0 Å². The van der Waals surface area contributed by atoms with Crippen LogP contribution in [0.25, 0.3) is 6.08 Å². The molecule has 0 aromatic heterocycles. The van der Waals surface area contributed by atoms with Crippen molar-refractivity contribution in [3.8, 4) is 0 Å². The van der Waals surface area contributed by atoms with Gasteiger partial charge in [-0.25, -0.2) is 0 Å². The summed E-state index contributed by atoms with van der Waals surface area (Å²) in [5.41, 5.74) is 4.07. The van der Waals surface area contributed by atoms with E-state index in [0.717, 1.165) is 29.5 Å². The van der Waals surface area contributed by atoms with E-state index < -0.39 is 24.3 Å². The van der Waals surface area contributed by atoms with Gasteiger partial charge in [-0.15, -0.1) is 0 Å². The lowest BCUT2D eigenvalue weighted by atomic mass is 9.80. The van der Waals surface area contributed by atoms with E-state index in [1.165, 1.54) is 5.56 Å². The van der Waals surface area contributed by atoms with Gasteiger partial charge < -0.3 is 20.4 Å². The first-order valence-electron chi connectivity index (χ1n) is 8.34. The molecule has 0 amide bonds. The maximum absolute atomic E-state index is 10.5. The van der Waals surface area contributed by atoms with Crippen molar-refractivity contribution in [2.45, 2.75) is 57.8 Å². The van der Waals surface area contributed by atoms with E-state index >= 15 is 0 Å². The van der Waals surface area contributed by atoms with Crippen molar-refractivity contribution in [1.29, 1.82) is 0 Å². The summed E-state index contributed by atoms with van der Waals surface area (Å²) < 4.78 is 0. The zero-order valence-electron chi connectivity index (χ0n) is 14.1. The zero-order valence-corrected chi connectivity index (χ0v) is 14.1. The number of aliphatic hydroxyl groups excluding tert-OH is 3. The van der Waals surface area contributed by atoms with Crippen LogP contribution in [0.5, 0.6) is 0 Å². The summed E-state index contributed by atoms with van der Waals surface area (Å²) in [7, 11) is 0. The lowest BCUT2D eigenvalue weighted by Crippen LogP contribution is -2.19. The van der Waals surface area contributed by atoms with Gasteiger partial charge in [0.25, 0.3) is 0 Å². The van der Waals surface area contributed by atoms with Crippen LogP contribution in [0.4, 0.5) is 0 Å². The number of hydrogen-bond acceptors (Lipinski definition) is 4. The second-order valence-corrected chi connectivity index (χ2v) is 6.83. The molecule has 0 saturated heterocycles. The number of fused-ring (bicyclic) bond motifs is 1. The third-order valence-corrected chi connectivity index (χ3v) is 4.60. The van der Waals surface area contributed by atoms with Crippen LogP contribution >= 0.6 is 0 Å². The maximum Gasteiger partial charge on any atom is 0.305 e. The normalized spacial score (nSPS) is 23.0. The summed E-state index contributed by atoms with van der Waals surface area (Å²) >= 11 is 0. The topological polar surface area (TPSA) is 98.0 Å². The summed E-state index contributed by atoms with van der Waals surface area (Å²) in [6, 6.07) is 3.99. The molecule has 1 aromatic rings. The van der Waals surface area contributed by atoms with Crippen LogP contribution in [0.3, 0.4) is 0 Å². The summed E-state index contributed by atoms with van der Waals surface area (Å²) in [6.45, 7) is 4.09. The Kier molecular flexibility index (Phi) is 6.15. The fourth-order valence-electron chi connectivity index (χ4n) is 3.44. The predicted molar refractivity (Wildman–Crippen MR) is 91.5 cm³/mol. The molecule has 1 aliphatic carbocycles. The molecule has 5 heteroatoms. The Labute approximate surface area is 142 Å². The number of benzene rings is 1. The minimum Gasteiger partial charge on any atom is -0.481 e. The van der Waals surface area contributed by atoms with Crippen molar-refractivity contribution in [3.05, 3.63) is 40.5 Å². The Bertz CT molecular complexity index is 622. The Balaban J connectivity index is 2.10. The van der Waals surface area contributed by atoms with Crippen LogP contribution in [0, 0.1) is 12.8 Å². The lowest BCUT2D eigenvalue weighted by Gasteiger charge is -2.28. The number of carboxylic acid groups (broad SMARTS) is 1. The van der Waals surface area contributed by atoms with Crippen LogP contribution in [-0.4, -0.2) is 38.6 Å². The van der Waals surface area contributed by atoms with E-state index in [0.29, 0.717) is 5.92 Å². The predicted octanol–water partition coefficient (Wildman–Crippen LogP) is 2.21. The number of rotatable bonds is 6. The number of hydrogen-bond donors (Lipinski definition) is 4. The fourth-order valence-corrected chi connectivity index (χ4v) is 3.44. The van der Waals surface area contributed by atoms with E-state index in [1.54, 1.807) is 12.2 Å². The van der Waals surface area contributed by atoms with Gasteiger partial charge in [0.05, 0.1) is 24.7 Å². The van der Waals surface area contributed by atoms with Gasteiger partial charge in [-0.05, 0) is 47.9 Å². The Morgan fingerprint density at radius 2 is 2.08 bits per heavy atom. The molecule has 24 heavy (non-hydrogen) atoms. The molecule has 1 aliphatic rings. The van der Waals surface area contributed by atoms with Gasteiger partial charge in [-0.3, -0.25) is 4.79 Å². The van der Waals surface area contributed by atoms with Crippen LogP contribution in [0.1, 0.15) is 54.5 Å². The highest BCUT2D eigenvalue weighted by Crippen LogP contribution is 2.36. The summed E-state index contributed by atoms with van der Waals surface area (Å²) in [5, 5.41) is 38.4. The molecule has 0 radical (unpaired) electrons. The monoisotopic (exact) mass is 334 g/mol. The van der Waals surface area contributed by atoms with Crippen LogP contribution in [0.15, 0.2) is 18.2 Å². The van der Waals surface area contributed by atoms with Crippen molar-refractivity contribution >= 4 is 12.0 Å². The molecule has 132 valence electrons. The summed E-state index contributed by atoms with van der Waals surface area (Å²) in [5.74, 6) is -0.627. The van der Waals surface area contributed by atoms with E-state index in [1.807, 2.05) is 19.1 Å². The zero-order chi connectivity index (χ0) is 17.9. The van der Waals surface area contributed by atoms with E-state index in [-0.39, 0.29) is 12.8 Å². The molecule has 0 fully saturated rings. The van der Waals surface area contributed by atoms with E-state index in [2.05, 4.69) is 6.92 Å². The van der Waals surface area contributed by atoms with Gasteiger partial charge in [0.1, 0.15) is 0 Å². The molecule has 4 atom stereocenters. The first-order chi connectivity index (χ1) is 11.3. The van der Waals surface area contributed by atoms with E-state index in [9.17, 15) is 20.1 Å². The minimum atomic E-state index is -1.09. The molecule has 2 rings (SSSR count). The van der Waals surface area contributed by atoms with Crippen molar-refractivity contribution in [2.75, 3.05) is 0 Å². The van der Waals surface area contributed by atoms with E-state index in [4.69, 9.17) is 5.11 Å². The van der Waals surface area contributed by atoms with Crippen molar-refractivity contribution in [1.82, 2.24) is 0 Å². The largest absolute Gasteiger partial charge is 0.481 e. The summed E-state index contributed by atoms with van der Waals surface area (Å²) in [6.07, 6.45) is 2.18.